The Morgan fingerprint density at radius 2 is 1.63 bits per heavy atom. The van der Waals surface area contributed by atoms with Crippen LogP contribution in [-0.4, -0.2) is 5.91 Å². The Hall–Kier alpha value is -3.06. The number of carbonyl (C=O) groups excluding carboxylic acids is 1. The molecule has 0 aromatic heterocycles. The summed E-state index contributed by atoms with van der Waals surface area (Å²) in [4.78, 5) is 12.7. The quantitative estimate of drug-likeness (QED) is 0.512. The van der Waals surface area contributed by atoms with Crippen molar-refractivity contribution in [2.45, 2.75) is 46.5 Å². The van der Waals surface area contributed by atoms with E-state index in [0.717, 1.165) is 28.1 Å². The van der Waals surface area contributed by atoms with Crippen LogP contribution in [0.25, 0.3) is 0 Å². The molecule has 0 saturated heterocycles. The first-order chi connectivity index (χ1) is 12.8. The van der Waals surface area contributed by atoms with Crippen molar-refractivity contribution in [1.29, 1.82) is 5.26 Å². The van der Waals surface area contributed by atoms with Gasteiger partial charge in [0.2, 0.25) is 0 Å². The van der Waals surface area contributed by atoms with Gasteiger partial charge in [-0.3, -0.25) is 4.79 Å². The van der Waals surface area contributed by atoms with Crippen LogP contribution in [0.2, 0.25) is 0 Å². The maximum absolute atomic E-state index is 12.7. The van der Waals surface area contributed by atoms with Crippen molar-refractivity contribution in [2.24, 2.45) is 0 Å². The first-order valence-corrected chi connectivity index (χ1v) is 9.21. The number of amides is 1. The molecule has 0 atom stereocenters. The van der Waals surface area contributed by atoms with Gasteiger partial charge >= 0.3 is 0 Å². The van der Waals surface area contributed by atoms with Crippen LogP contribution in [-0.2, 0) is 4.79 Å². The van der Waals surface area contributed by atoms with E-state index in [1.807, 2.05) is 55.5 Å². The smallest absolute Gasteiger partial charge is 0.267 e. The van der Waals surface area contributed by atoms with Gasteiger partial charge in [-0.2, -0.15) is 5.26 Å². The SMILES string of the molecule is Cc1cccc(C(C)C)c1NC(=O)/C(C#N)=C\Nc1ccccc1C(C)C. The molecule has 0 fully saturated rings. The monoisotopic (exact) mass is 361 g/mol. The van der Waals surface area contributed by atoms with E-state index in [9.17, 15) is 10.1 Å². The van der Waals surface area contributed by atoms with Crippen LogP contribution in [0.1, 0.15) is 56.2 Å². The molecule has 4 heteroatoms. The lowest BCUT2D eigenvalue weighted by Crippen LogP contribution is -2.17. The van der Waals surface area contributed by atoms with Crippen LogP contribution in [0.4, 0.5) is 11.4 Å². The van der Waals surface area contributed by atoms with Crippen molar-refractivity contribution < 1.29 is 4.79 Å². The predicted octanol–water partition coefficient (Wildman–Crippen LogP) is 5.70. The van der Waals surface area contributed by atoms with Crippen molar-refractivity contribution in [3.63, 3.8) is 0 Å². The molecule has 0 spiro atoms. The van der Waals surface area contributed by atoms with Gasteiger partial charge in [0, 0.05) is 17.6 Å². The van der Waals surface area contributed by atoms with Gasteiger partial charge in [0.05, 0.1) is 0 Å². The number of nitrogens with one attached hydrogen (secondary N) is 2. The largest absolute Gasteiger partial charge is 0.360 e. The van der Waals surface area contributed by atoms with Crippen LogP contribution in [0.3, 0.4) is 0 Å². The highest BCUT2D eigenvalue weighted by molar-refractivity contribution is 6.07. The van der Waals surface area contributed by atoms with E-state index in [1.165, 1.54) is 6.20 Å². The number of para-hydroxylation sites is 2. The summed E-state index contributed by atoms with van der Waals surface area (Å²) >= 11 is 0. The fraction of sp³-hybridized carbons (Fsp3) is 0.304. The van der Waals surface area contributed by atoms with Gasteiger partial charge in [-0.25, -0.2) is 0 Å². The number of hydrogen-bond donors (Lipinski definition) is 2. The van der Waals surface area contributed by atoms with E-state index in [2.05, 4.69) is 38.3 Å². The molecule has 0 aliphatic carbocycles. The summed E-state index contributed by atoms with van der Waals surface area (Å²) in [5, 5.41) is 15.5. The van der Waals surface area contributed by atoms with Crippen LogP contribution in [0.5, 0.6) is 0 Å². The summed E-state index contributed by atoms with van der Waals surface area (Å²) in [5.74, 6) is 0.191. The molecule has 0 aliphatic rings. The predicted molar refractivity (Wildman–Crippen MR) is 112 cm³/mol. The third-order valence-corrected chi connectivity index (χ3v) is 4.49. The molecule has 0 heterocycles. The summed E-state index contributed by atoms with van der Waals surface area (Å²) in [6.07, 6.45) is 1.48. The van der Waals surface area contributed by atoms with Crippen LogP contribution >= 0.6 is 0 Å². The van der Waals surface area contributed by atoms with Crippen molar-refractivity contribution in [1.82, 2.24) is 0 Å². The molecular formula is C23H27N3O. The van der Waals surface area contributed by atoms with Crippen LogP contribution < -0.4 is 10.6 Å². The summed E-state index contributed by atoms with van der Waals surface area (Å²) in [6, 6.07) is 15.8. The number of anilines is 2. The highest BCUT2D eigenvalue weighted by Gasteiger charge is 2.15. The zero-order valence-electron chi connectivity index (χ0n) is 16.6. The van der Waals surface area contributed by atoms with Gasteiger partial charge in [0.15, 0.2) is 0 Å². The average molecular weight is 361 g/mol. The van der Waals surface area contributed by atoms with E-state index in [0.29, 0.717) is 5.92 Å². The Morgan fingerprint density at radius 1 is 1.00 bits per heavy atom. The minimum atomic E-state index is -0.414. The van der Waals surface area contributed by atoms with Crippen LogP contribution in [0, 0.1) is 18.3 Å². The number of carbonyl (C=O) groups is 1. The number of rotatable bonds is 6. The highest BCUT2D eigenvalue weighted by atomic mass is 16.1. The standard InChI is InChI=1S/C23H27N3O/c1-15(2)19-10-6-7-12-21(19)25-14-18(13-24)23(27)26-22-17(5)9-8-11-20(22)16(3)4/h6-12,14-16,25H,1-5H3,(H,26,27)/b18-14-. The minimum Gasteiger partial charge on any atom is -0.360 e. The minimum absolute atomic E-state index is 0.0338. The Labute approximate surface area is 161 Å². The molecule has 1 amide bonds. The first-order valence-electron chi connectivity index (χ1n) is 9.21. The fourth-order valence-electron chi connectivity index (χ4n) is 2.95. The second kappa shape index (κ2) is 9.05. The maximum Gasteiger partial charge on any atom is 0.267 e. The number of nitriles is 1. The second-order valence-corrected chi connectivity index (χ2v) is 7.20. The summed E-state index contributed by atoms with van der Waals surface area (Å²) in [7, 11) is 0. The third-order valence-electron chi connectivity index (χ3n) is 4.49. The zero-order valence-corrected chi connectivity index (χ0v) is 16.6. The third kappa shape index (κ3) is 4.98. The topological polar surface area (TPSA) is 64.9 Å². The molecule has 4 nitrogen and oxygen atoms in total. The van der Waals surface area contributed by atoms with Gasteiger partial charge < -0.3 is 10.6 Å². The molecular weight excluding hydrogens is 334 g/mol. The second-order valence-electron chi connectivity index (χ2n) is 7.20. The summed E-state index contributed by atoms with van der Waals surface area (Å²) < 4.78 is 0. The molecule has 2 rings (SSSR count). The lowest BCUT2D eigenvalue weighted by molar-refractivity contribution is -0.112. The van der Waals surface area contributed by atoms with Crippen molar-refractivity contribution in [2.75, 3.05) is 10.6 Å². The summed E-state index contributed by atoms with van der Waals surface area (Å²) in [6.45, 7) is 10.3. The average Bonchev–Trinajstić information content (AvgIpc) is 2.63. The molecule has 140 valence electrons. The van der Waals surface area contributed by atoms with Crippen molar-refractivity contribution in [3.05, 3.63) is 70.9 Å². The Bertz CT molecular complexity index is 889. The van der Waals surface area contributed by atoms with E-state index in [-0.39, 0.29) is 11.5 Å². The molecule has 0 saturated carbocycles. The van der Waals surface area contributed by atoms with Crippen molar-refractivity contribution in [3.8, 4) is 6.07 Å². The molecule has 27 heavy (non-hydrogen) atoms. The number of benzene rings is 2. The van der Waals surface area contributed by atoms with Gasteiger partial charge in [-0.1, -0.05) is 64.1 Å². The Balaban J connectivity index is 2.26. The molecule has 0 unspecified atom stereocenters. The molecule has 0 aliphatic heterocycles. The van der Waals surface area contributed by atoms with Gasteiger partial charge in [0.25, 0.3) is 5.91 Å². The van der Waals surface area contributed by atoms with Gasteiger partial charge in [-0.05, 0) is 41.5 Å². The Morgan fingerprint density at radius 3 is 2.26 bits per heavy atom. The number of aryl methyl sites for hydroxylation is 1. The summed E-state index contributed by atoms with van der Waals surface area (Å²) in [5.41, 5.74) is 4.87. The molecule has 0 bridgehead atoms. The normalized spacial score (nSPS) is 11.4. The Kier molecular flexibility index (Phi) is 6.79. The number of hydrogen-bond acceptors (Lipinski definition) is 3. The molecule has 2 aromatic rings. The van der Waals surface area contributed by atoms with E-state index >= 15 is 0 Å². The zero-order chi connectivity index (χ0) is 20.0. The lowest BCUT2D eigenvalue weighted by Gasteiger charge is -2.16. The fourth-order valence-corrected chi connectivity index (χ4v) is 2.95. The van der Waals surface area contributed by atoms with E-state index in [4.69, 9.17) is 0 Å². The maximum atomic E-state index is 12.7. The van der Waals surface area contributed by atoms with E-state index in [1.54, 1.807) is 0 Å². The highest BCUT2D eigenvalue weighted by Crippen LogP contribution is 2.28. The molecule has 2 N–H and O–H groups in total. The lowest BCUT2D eigenvalue weighted by atomic mass is 9.98. The molecule has 0 radical (unpaired) electrons. The van der Waals surface area contributed by atoms with E-state index < -0.39 is 5.91 Å². The first kappa shape index (κ1) is 20.3. The molecule has 2 aromatic carbocycles. The number of nitrogens with zero attached hydrogens (tertiary/aromatic N) is 1. The van der Waals surface area contributed by atoms with Crippen LogP contribution in [0.15, 0.2) is 54.2 Å². The van der Waals surface area contributed by atoms with Gasteiger partial charge in [-0.15, -0.1) is 0 Å². The van der Waals surface area contributed by atoms with Crippen molar-refractivity contribution >= 4 is 17.3 Å². The van der Waals surface area contributed by atoms with Gasteiger partial charge in [0.1, 0.15) is 11.6 Å².